The highest BCUT2D eigenvalue weighted by Crippen LogP contribution is 2.42. The minimum absolute atomic E-state index is 0.0333. The molecule has 0 amide bonds. The minimum atomic E-state index is -2.66. The van der Waals surface area contributed by atoms with E-state index >= 15 is 0 Å². The lowest BCUT2D eigenvalue weighted by Gasteiger charge is -2.37. The molecular formula is C15H20ClF3N4. The molecule has 1 aromatic heterocycles. The monoisotopic (exact) mass is 348 g/mol. The summed E-state index contributed by atoms with van der Waals surface area (Å²) >= 11 is 5.70. The number of aromatic nitrogens is 2. The predicted molar refractivity (Wildman–Crippen MR) is 82.4 cm³/mol. The highest BCUT2D eigenvalue weighted by atomic mass is 35.5. The average molecular weight is 349 g/mol. The Labute approximate surface area is 138 Å². The summed E-state index contributed by atoms with van der Waals surface area (Å²) in [7, 11) is 0. The zero-order chi connectivity index (χ0) is 16.8. The minimum Gasteiger partial charge on any atom is -0.365 e. The quantitative estimate of drug-likeness (QED) is 0.827. The Morgan fingerprint density at radius 1 is 1.39 bits per heavy atom. The summed E-state index contributed by atoms with van der Waals surface area (Å²) in [5, 5.41) is 2.98. The lowest BCUT2D eigenvalue weighted by Crippen LogP contribution is -2.46. The largest absolute Gasteiger partial charge is 0.365 e. The van der Waals surface area contributed by atoms with Gasteiger partial charge >= 0.3 is 0 Å². The molecule has 3 rings (SSSR count). The van der Waals surface area contributed by atoms with Crippen LogP contribution in [0.15, 0.2) is 6.20 Å². The van der Waals surface area contributed by atoms with Gasteiger partial charge in [0.25, 0.3) is 5.92 Å². The van der Waals surface area contributed by atoms with Crippen LogP contribution in [-0.4, -0.2) is 45.0 Å². The molecule has 0 unspecified atom stereocenters. The van der Waals surface area contributed by atoms with Gasteiger partial charge in [-0.15, -0.1) is 0 Å². The predicted octanol–water partition coefficient (Wildman–Crippen LogP) is 3.72. The third kappa shape index (κ3) is 3.55. The number of alkyl halides is 2. The zero-order valence-corrected chi connectivity index (χ0v) is 13.9. The molecule has 0 saturated carbocycles. The average Bonchev–Trinajstić information content (AvgIpc) is 2.70. The van der Waals surface area contributed by atoms with Gasteiger partial charge < -0.3 is 5.32 Å². The number of hydrogen-bond acceptors (Lipinski definition) is 4. The Balaban J connectivity index is 1.79. The van der Waals surface area contributed by atoms with Crippen LogP contribution in [0.5, 0.6) is 0 Å². The van der Waals surface area contributed by atoms with Gasteiger partial charge in [-0.05, 0) is 44.7 Å². The first-order chi connectivity index (χ1) is 10.7. The first-order valence-corrected chi connectivity index (χ1v) is 8.13. The first-order valence-electron chi connectivity index (χ1n) is 7.75. The topological polar surface area (TPSA) is 41.1 Å². The molecule has 4 nitrogen and oxygen atoms in total. The van der Waals surface area contributed by atoms with E-state index in [1.807, 2.05) is 18.7 Å². The van der Waals surface area contributed by atoms with Gasteiger partial charge in [-0.1, -0.05) is 0 Å². The molecule has 0 bridgehead atoms. The Bertz CT molecular complexity index is 596. The summed E-state index contributed by atoms with van der Waals surface area (Å²) < 4.78 is 41.5. The molecule has 1 aromatic rings. The van der Waals surface area contributed by atoms with E-state index in [0.717, 1.165) is 19.0 Å². The van der Waals surface area contributed by atoms with Crippen molar-refractivity contribution in [2.45, 2.75) is 63.1 Å². The van der Waals surface area contributed by atoms with Gasteiger partial charge in [0.05, 0.1) is 12.7 Å². The fraction of sp³-hybridized carbons (Fsp3) is 0.733. The highest BCUT2D eigenvalue weighted by molar-refractivity contribution is 6.28. The smallest absolute Gasteiger partial charge is 0.262 e. The Morgan fingerprint density at radius 2 is 2.13 bits per heavy atom. The van der Waals surface area contributed by atoms with Crippen molar-refractivity contribution in [2.24, 2.45) is 0 Å². The van der Waals surface area contributed by atoms with Gasteiger partial charge in [0, 0.05) is 24.0 Å². The second kappa shape index (κ2) is 5.77. The molecule has 8 heteroatoms. The van der Waals surface area contributed by atoms with E-state index in [1.54, 1.807) is 0 Å². The van der Waals surface area contributed by atoms with Crippen molar-refractivity contribution < 1.29 is 13.2 Å². The SMILES string of the molecule is CC1(C)CC[C@@H](Nc2nc(Cl)ncc2F)C[C@@H]2CC(F)(F)CN21. The van der Waals surface area contributed by atoms with E-state index in [-0.39, 0.29) is 41.7 Å². The van der Waals surface area contributed by atoms with Crippen LogP contribution < -0.4 is 5.32 Å². The second-order valence-electron chi connectivity index (χ2n) is 7.11. The lowest BCUT2D eigenvalue weighted by atomic mass is 9.95. The molecule has 0 radical (unpaired) electrons. The van der Waals surface area contributed by atoms with Crippen LogP contribution in [-0.2, 0) is 0 Å². The van der Waals surface area contributed by atoms with Crippen LogP contribution in [0.25, 0.3) is 0 Å². The van der Waals surface area contributed by atoms with E-state index in [9.17, 15) is 13.2 Å². The molecular weight excluding hydrogens is 329 g/mol. The van der Waals surface area contributed by atoms with Crippen molar-refractivity contribution >= 4 is 17.4 Å². The van der Waals surface area contributed by atoms with Crippen LogP contribution in [0.3, 0.4) is 0 Å². The second-order valence-corrected chi connectivity index (χ2v) is 7.44. The van der Waals surface area contributed by atoms with E-state index in [0.29, 0.717) is 6.42 Å². The fourth-order valence-electron chi connectivity index (χ4n) is 3.71. The summed E-state index contributed by atoms with van der Waals surface area (Å²) in [5.41, 5.74) is -0.303. The van der Waals surface area contributed by atoms with Crippen LogP contribution in [0.2, 0.25) is 5.28 Å². The molecule has 128 valence electrons. The van der Waals surface area contributed by atoms with Crippen LogP contribution in [0, 0.1) is 5.82 Å². The fourth-order valence-corrected chi connectivity index (χ4v) is 3.84. The van der Waals surface area contributed by atoms with Crippen molar-refractivity contribution in [1.82, 2.24) is 14.9 Å². The van der Waals surface area contributed by atoms with Gasteiger partial charge in [0.1, 0.15) is 0 Å². The van der Waals surface area contributed by atoms with Crippen molar-refractivity contribution in [3.8, 4) is 0 Å². The third-order valence-electron chi connectivity index (χ3n) is 4.87. The van der Waals surface area contributed by atoms with Gasteiger partial charge in [-0.3, -0.25) is 4.90 Å². The van der Waals surface area contributed by atoms with Gasteiger partial charge in [0.2, 0.25) is 5.28 Å². The highest BCUT2D eigenvalue weighted by Gasteiger charge is 2.51. The maximum Gasteiger partial charge on any atom is 0.262 e. The van der Waals surface area contributed by atoms with Crippen molar-refractivity contribution in [1.29, 1.82) is 0 Å². The number of nitrogens with zero attached hydrogens (tertiary/aromatic N) is 3. The zero-order valence-electron chi connectivity index (χ0n) is 13.1. The van der Waals surface area contributed by atoms with Gasteiger partial charge in [-0.2, -0.15) is 4.98 Å². The number of fused-ring (bicyclic) bond motifs is 1. The molecule has 0 aromatic carbocycles. The number of rotatable bonds is 2. The van der Waals surface area contributed by atoms with Crippen LogP contribution in [0.1, 0.15) is 39.5 Å². The number of nitrogens with one attached hydrogen (secondary N) is 1. The molecule has 2 atom stereocenters. The maximum atomic E-state index is 13.8. The maximum absolute atomic E-state index is 13.8. The molecule has 23 heavy (non-hydrogen) atoms. The summed E-state index contributed by atoms with van der Waals surface area (Å²) in [6.07, 6.45) is 2.89. The molecule has 2 aliphatic rings. The number of halogens is 4. The third-order valence-corrected chi connectivity index (χ3v) is 5.05. The van der Waals surface area contributed by atoms with Gasteiger partial charge in [0.15, 0.2) is 11.6 Å². The molecule has 2 fully saturated rings. The number of anilines is 1. The first kappa shape index (κ1) is 16.8. The molecule has 1 N–H and O–H groups in total. The number of hydrogen-bond donors (Lipinski definition) is 1. The summed E-state index contributed by atoms with van der Waals surface area (Å²) in [6.45, 7) is 3.78. The van der Waals surface area contributed by atoms with Crippen LogP contribution >= 0.6 is 11.6 Å². The van der Waals surface area contributed by atoms with Gasteiger partial charge in [-0.25, -0.2) is 18.2 Å². The summed E-state index contributed by atoms with van der Waals surface area (Å²) in [4.78, 5) is 9.33. The molecule has 3 heterocycles. The Morgan fingerprint density at radius 3 is 2.87 bits per heavy atom. The van der Waals surface area contributed by atoms with Crippen molar-refractivity contribution in [3.63, 3.8) is 0 Å². The van der Waals surface area contributed by atoms with Crippen molar-refractivity contribution in [2.75, 3.05) is 11.9 Å². The Kier molecular flexibility index (Phi) is 4.21. The molecule has 0 spiro atoms. The van der Waals surface area contributed by atoms with E-state index in [2.05, 4.69) is 15.3 Å². The van der Waals surface area contributed by atoms with Crippen molar-refractivity contribution in [3.05, 3.63) is 17.3 Å². The molecule has 0 aliphatic carbocycles. The summed E-state index contributed by atoms with van der Waals surface area (Å²) in [6, 6.07) is -0.348. The van der Waals surface area contributed by atoms with E-state index in [1.165, 1.54) is 0 Å². The standard InChI is InChI=1S/C15H20ClF3N4/c1-14(2)4-3-9(5-10-6-15(18,19)8-23(10)14)21-12-11(17)7-20-13(16)22-12/h7,9-10H,3-6,8H2,1-2H3,(H,20,21,22)/t9-,10-/m1/s1. The molecule has 2 aliphatic heterocycles. The normalized spacial score (nSPS) is 29.8. The molecule has 2 saturated heterocycles. The van der Waals surface area contributed by atoms with Crippen LogP contribution in [0.4, 0.5) is 19.0 Å². The summed E-state index contributed by atoms with van der Waals surface area (Å²) in [5.74, 6) is -3.22. The van der Waals surface area contributed by atoms with E-state index < -0.39 is 11.7 Å². The van der Waals surface area contributed by atoms with E-state index in [4.69, 9.17) is 11.6 Å². The Hall–Kier alpha value is -1.08. The lowest BCUT2D eigenvalue weighted by molar-refractivity contribution is -0.00161.